The highest BCUT2D eigenvalue weighted by Crippen LogP contribution is 2.07. The molecule has 0 fully saturated rings. The first-order valence-corrected chi connectivity index (χ1v) is 5.94. The van der Waals surface area contributed by atoms with Gasteiger partial charge in [0, 0.05) is 5.54 Å². The van der Waals surface area contributed by atoms with Crippen LogP contribution in [0.15, 0.2) is 0 Å². The summed E-state index contributed by atoms with van der Waals surface area (Å²) in [7, 11) is 0. The van der Waals surface area contributed by atoms with E-state index in [1.807, 2.05) is 34.6 Å². The zero-order chi connectivity index (χ0) is 13.6. The van der Waals surface area contributed by atoms with Crippen molar-refractivity contribution in [3.8, 4) is 0 Å². The lowest BCUT2D eigenvalue weighted by Gasteiger charge is -2.23. The van der Waals surface area contributed by atoms with E-state index in [9.17, 15) is 9.59 Å². The molecule has 0 aromatic heterocycles. The van der Waals surface area contributed by atoms with Crippen LogP contribution in [0.5, 0.6) is 0 Å². The number of hydrogen-bond acceptors (Lipinski definition) is 3. The molecule has 2 atom stereocenters. The van der Waals surface area contributed by atoms with Crippen LogP contribution >= 0.6 is 0 Å². The maximum absolute atomic E-state index is 11.6. The van der Waals surface area contributed by atoms with Crippen molar-refractivity contribution in [2.24, 2.45) is 5.92 Å². The van der Waals surface area contributed by atoms with Crippen molar-refractivity contribution in [3.05, 3.63) is 0 Å². The van der Waals surface area contributed by atoms with Crippen LogP contribution in [0.4, 0.5) is 0 Å². The van der Waals surface area contributed by atoms with Crippen LogP contribution in [-0.2, 0) is 9.59 Å². The summed E-state index contributed by atoms with van der Waals surface area (Å²) in [6.45, 7) is 9.69. The van der Waals surface area contributed by atoms with Crippen molar-refractivity contribution >= 4 is 11.9 Å². The number of carbonyl (C=O) groups excluding carboxylic acids is 1. The molecular formula is C12H24N2O3. The number of nitrogens with one attached hydrogen (secondary N) is 2. The molecule has 0 saturated carbocycles. The first-order valence-electron chi connectivity index (χ1n) is 5.94. The summed E-state index contributed by atoms with van der Waals surface area (Å²) in [5.74, 6) is -1.35. The van der Waals surface area contributed by atoms with Gasteiger partial charge in [-0.3, -0.25) is 4.79 Å². The quantitative estimate of drug-likeness (QED) is 0.651. The smallest absolute Gasteiger partial charge is 0.326 e. The predicted octanol–water partition coefficient (Wildman–Crippen LogP) is 0.990. The molecule has 1 amide bonds. The maximum Gasteiger partial charge on any atom is 0.326 e. The fraction of sp³-hybridized carbons (Fsp3) is 0.833. The molecule has 0 radical (unpaired) electrons. The number of rotatable bonds is 6. The second-order valence-electron chi connectivity index (χ2n) is 5.37. The maximum atomic E-state index is 11.6. The molecule has 0 aromatic carbocycles. The molecule has 0 aromatic rings. The summed E-state index contributed by atoms with van der Waals surface area (Å²) in [4.78, 5) is 22.6. The van der Waals surface area contributed by atoms with E-state index < -0.39 is 12.0 Å². The third kappa shape index (κ3) is 6.94. The van der Waals surface area contributed by atoms with E-state index in [1.54, 1.807) is 0 Å². The van der Waals surface area contributed by atoms with Gasteiger partial charge in [-0.1, -0.05) is 20.3 Å². The van der Waals surface area contributed by atoms with Crippen LogP contribution in [0.25, 0.3) is 0 Å². The van der Waals surface area contributed by atoms with E-state index in [1.165, 1.54) is 0 Å². The van der Waals surface area contributed by atoms with Gasteiger partial charge in [-0.15, -0.1) is 0 Å². The highest BCUT2D eigenvalue weighted by Gasteiger charge is 2.25. The van der Waals surface area contributed by atoms with Crippen LogP contribution in [0, 0.1) is 5.92 Å². The largest absolute Gasteiger partial charge is 0.480 e. The number of carbonyl (C=O) groups is 2. The lowest BCUT2D eigenvalue weighted by molar-refractivity contribution is -0.143. The van der Waals surface area contributed by atoms with Gasteiger partial charge in [0.25, 0.3) is 0 Å². The van der Waals surface area contributed by atoms with Gasteiger partial charge in [0.05, 0.1) is 6.54 Å². The fourth-order valence-electron chi connectivity index (χ4n) is 1.25. The van der Waals surface area contributed by atoms with Crippen LogP contribution in [0.2, 0.25) is 0 Å². The van der Waals surface area contributed by atoms with Crippen molar-refractivity contribution in [2.75, 3.05) is 6.54 Å². The molecule has 17 heavy (non-hydrogen) atoms. The highest BCUT2D eigenvalue weighted by atomic mass is 16.4. The Morgan fingerprint density at radius 1 is 1.29 bits per heavy atom. The third-order valence-corrected chi connectivity index (χ3v) is 2.57. The molecule has 0 heterocycles. The predicted molar refractivity (Wildman–Crippen MR) is 66.8 cm³/mol. The van der Waals surface area contributed by atoms with Crippen molar-refractivity contribution in [1.82, 2.24) is 10.6 Å². The average Bonchev–Trinajstić information content (AvgIpc) is 2.20. The lowest BCUT2D eigenvalue weighted by atomic mass is 9.99. The molecule has 2 unspecified atom stereocenters. The molecule has 5 nitrogen and oxygen atoms in total. The van der Waals surface area contributed by atoms with Crippen molar-refractivity contribution in [1.29, 1.82) is 0 Å². The minimum Gasteiger partial charge on any atom is -0.480 e. The fourth-order valence-corrected chi connectivity index (χ4v) is 1.25. The summed E-state index contributed by atoms with van der Waals surface area (Å²) in [6.07, 6.45) is 0.712. The second-order valence-corrected chi connectivity index (χ2v) is 5.37. The van der Waals surface area contributed by atoms with E-state index in [-0.39, 0.29) is 23.9 Å². The number of aliphatic carboxylic acids is 1. The molecule has 0 aliphatic heterocycles. The number of carboxylic acid groups (broad SMARTS) is 1. The first-order chi connectivity index (χ1) is 7.67. The Morgan fingerprint density at radius 2 is 1.82 bits per heavy atom. The monoisotopic (exact) mass is 244 g/mol. The van der Waals surface area contributed by atoms with Crippen LogP contribution in [-0.4, -0.2) is 35.1 Å². The van der Waals surface area contributed by atoms with E-state index in [4.69, 9.17) is 5.11 Å². The van der Waals surface area contributed by atoms with Crippen LogP contribution in [0.3, 0.4) is 0 Å². The zero-order valence-corrected chi connectivity index (χ0v) is 11.3. The summed E-state index contributed by atoms with van der Waals surface area (Å²) in [6, 6.07) is -0.811. The second kappa shape index (κ2) is 6.59. The van der Waals surface area contributed by atoms with Crippen LogP contribution in [0.1, 0.15) is 41.0 Å². The van der Waals surface area contributed by atoms with Crippen LogP contribution < -0.4 is 10.6 Å². The van der Waals surface area contributed by atoms with E-state index >= 15 is 0 Å². The summed E-state index contributed by atoms with van der Waals surface area (Å²) < 4.78 is 0. The van der Waals surface area contributed by atoms with Gasteiger partial charge in [0.15, 0.2) is 0 Å². The lowest BCUT2D eigenvalue weighted by Crippen LogP contribution is -2.50. The topological polar surface area (TPSA) is 78.4 Å². The van der Waals surface area contributed by atoms with Gasteiger partial charge in [0.1, 0.15) is 6.04 Å². The molecule has 5 heteroatoms. The van der Waals surface area contributed by atoms with Gasteiger partial charge < -0.3 is 15.7 Å². The molecule has 0 aliphatic carbocycles. The summed E-state index contributed by atoms with van der Waals surface area (Å²) in [5, 5.41) is 14.6. The Bertz CT molecular complexity index is 271. The first kappa shape index (κ1) is 15.9. The molecular weight excluding hydrogens is 220 g/mol. The minimum absolute atomic E-state index is 0.0777. The summed E-state index contributed by atoms with van der Waals surface area (Å²) in [5.41, 5.74) is -0.160. The Morgan fingerprint density at radius 3 is 2.18 bits per heavy atom. The number of carboxylic acids is 1. The normalized spacial score (nSPS) is 15.1. The molecule has 0 bridgehead atoms. The van der Waals surface area contributed by atoms with Crippen molar-refractivity contribution in [2.45, 2.75) is 52.6 Å². The SMILES string of the molecule is CCC(C)C(NC(=O)CNC(C)(C)C)C(=O)O. The van der Waals surface area contributed by atoms with Gasteiger partial charge in [-0.2, -0.15) is 0 Å². The molecule has 0 aliphatic rings. The van der Waals surface area contributed by atoms with Gasteiger partial charge >= 0.3 is 5.97 Å². The van der Waals surface area contributed by atoms with Crippen molar-refractivity contribution < 1.29 is 14.7 Å². The number of hydrogen-bond donors (Lipinski definition) is 3. The number of amides is 1. The molecule has 0 rings (SSSR count). The summed E-state index contributed by atoms with van der Waals surface area (Å²) >= 11 is 0. The van der Waals surface area contributed by atoms with Gasteiger partial charge in [0.2, 0.25) is 5.91 Å². The van der Waals surface area contributed by atoms with E-state index in [2.05, 4.69) is 10.6 Å². The van der Waals surface area contributed by atoms with E-state index in [0.717, 1.165) is 0 Å². The Labute approximate surface area is 103 Å². The van der Waals surface area contributed by atoms with Gasteiger partial charge in [-0.25, -0.2) is 4.79 Å². The zero-order valence-electron chi connectivity index (χ0n) is 11.3. The molecule has 0 saturated heterocycles. The van der Waals surface area contributed by atoms with Gasteiger partial charge in [-0.05, 0) is 26.7 Å². The minimum atomic E-state index is -0.983. The standard InChI is InChI=1S/C12H24N2O3/c1-6-8(2)10(11(16)17)14-9(15)7-13-12(3,4)5/h8,10,13H,6-7H2,1-5H3,(H,14,15)(H,16,17). The van der Waals surface area contributed by atoms with E-state index in [0.29, 0.717) is 6.42 Å². The molecule has 0 spiro atoms. The third-order valence-electron chi connectivity index (χ3n) is 2.57. The Balaban J connectivity index is 4.28. The Hall–Kier alpha value is -1.10. The Kier molecular flexibility index (Phi) is 6.16. The molecule has 3 N–H and O–H groups in total. The molecule has 100 valence electrons. The highest BCUT2D eigenvalue weighted by molar-refractivity contribution is 5.84. The van der Waals surface area contributed by atoms with Crippen molar-refractivity contribution in [3.63, 3.8) is 0 Å². The average molecular weight is 244 g/mol.